The zero-order valence-corrected chi connectivity index (χ0v) is 13.6. The maximum atomic E-state index is 12.9. The summed E-state index contributed by atoms with van der Waals surface area (Å²) in [6.07, 6.45) is 1.61. The lowest BCUT2D eigenvalue weighted by Gasteiger charge is -2.32. The molecule has 126 valence electrons. The van der Waals surface area contributed by atoms with Crippen molar-refractivity contribution in [1.29, 1.82) is 0 Å². The van der Waals surface area contributed by atoms with E-state index in [-0.39, 0.29) is 36.1 Å². The molecule has 0 aliphatic carbocycles. The van der Waals surface area contributed by atoms with Crippen LogP contribution in [-0.2, 0) is 9.59 Å². The number of amides is 2. The van der Waals surface area contributed by atoms with Gasteiger partial charge in [0.15, 0.2) is 0 Å². The Morgan fingerprint density at radius 3 is 2.43 bits per heavy atom. The lowest BCUT2D eigenvalue weighted by molar-refractivity contribution is -0.140. The molecule has 0 bridgehead atoms. The van der Waals surface area contributed by atoms with Crippen LogP contribution in [-0.4, -0.2) is 42.4 Å². The SMILES string of the molecule is CC(C)N(CC(=O)Nc1ccc(F)cc1)C(=O)C1CCNCC1. The highest BCUT2D eigenvalue weighted by Crippen LogP contribution is 2.17. The average Bonchev–Trinajstić information content (AvgIpc) is 2.55. The molecule has 0 unspecified atom stereocenters. The molecule has 1 saturated heterocycles. The van der Waals surface area contributed by atoms with Crippen LogP contribution in [0.3, 0.4) is 0 Å². The molecule has 1 aromatic carbocycles. The Bertz CT molecular complexity index is 539. The van der Waals surface area contributed by atoms with Gasteiger partial charge in [-0.15, -0.1) is 0 Å². The van der Waals surface area contributed by atoms with E-state index in [2.05, 4.69) is 10.6 Å². The molecule has 1 heterocycles. The van der Waals surface area contributed by atoms with E-state index < -0.39 is 0 Å². The number of hydrogen-bond acceptors (Lipinski definition) is 3. The summed E-state index contributed by atoms with van der Waals surface area (Å²) in [4.78, 5) is 26.4. The summed E-state index contributed by atoms with van der Waals surface area (Å²) in [5, 5.41) is 5.94. The van der Waals surface area contributed by atoms with Crippen LogP contribution in [0.2, 0.25) is 0 Å². The monoisotopic (exact) mass is 321 g/mol. The van der Waals surface area contributed by atoms with Gasteiger partial charge >= 0.3 is 0 Å². The van der Waals surface area contributed by atoms with E-state index in [1.54, 1.807) is 4.90 Å². The van der Waals surface area contributed by atoms with E-state index >= 15 is 0 Å². The van der Waals surface area contributed by atoms with Gasteiger partial charge in [0, 0.05) is 17.6 Å². The van der Waals surface area contributed by atoms with Crippen molar-refractivity contribution in [2.75, 3.05) is 25.0 Å². The summed E-state index contributed by atoms with van der Waals surface area (Å²) in [6.45, 7) is 5.50. The number of rotatable bonds is 5. The zero-order valence-electron chi connectivity index (χ0n) is 13.6. The summed E-state index contributed by atoms with van der Waals surface area (Å²) < 4.78 is 12.9. The highest BCUT2D eigenvalue weighted by atomic mass is 19.1. The first kappa shape index (κ1) is 17.4. The fraction of sp³-hybridized carbons (Fsp3) is 0.529. The third kappa shape index (κ3) is 5.03. The summed E-state index contributed by atoms with van der Waals surface area (Å²) in [5.41, 5.74) is 0.523. The first-order chi connectivity index (χ1) is 11.0. The van der Waals surface area contributed by atoms with Crippen molar-refractivity contribution in [3.8, 4) is 0 Å². The predicted octanol–water partition coefficient (Wildman–Crippen LogP) is 2.00. The molecule has 1 fully saturated rings. The van der Waals surface area contributed by atoms with Gasteiger partial charge in [0.05, 0.1) is 0 Å². The minimum absolute atomic E-state index is 0.0117. The van der Waals surface area contributed by atoms with Gasteiger partial charge in [-0.1, -0.05) is 0 Å². The number of carbonyl (C=O) groups is 2. The van der Waals surface area contributed by atoms with Crippen molar-refractivity contribution in [2.45, 2.75) is 32.7 Å². The molecule has 0 spiro atoms. The summed E-state index contributed by atoms with van der Waals surface area (Å²) in [5.74, 6) is -0.603. The number of benzene rings is 1. The molecule has 0 aromatic heterocycles. The molecule has 1 aromatic rings. The number of hydrogen-bond donors (Lipinski definition) is 2. The van der Waals surface area contributed by atoms with Gasteiger partial charge < -0.3 is 15.5 Å². The lowest BCUT2D eigenvalue weighted by Crippen LogP contribution is -2.47. The number of piperidine rings is 1. The second kappa shape index (κ2) is 8.06. The maximum absolute atomic E-state index is 12.9. The van der Waals surface area contributed by atoms with E-state index in [0.717, 1.165) is 25.9 Å². The van der Waals surface area contributed by atoms with Crippen LogP contribution in [0, 0.1) is 11.7 Å². The van der Waals surface area contributed by atoms with Crippen molar-refractivity contribution >= 4 is 17.5 Å². The van der Waals surface area contributed by atoms with Crippen LogP contribution in [0.15, 0.2) is 24.3 Å². The molecular weight excluding hydrogens is 297 g/mol. The summed E-state index contributed by atoms with van der Waals surface area (Å²) in [7, 11) is 0. The van der Waals surface area contributed by atoms with Crippen LogP contribution in [0.4, 0.5) is 10.1 Å². The van der Waals surface area contributed by atoms with Gasteiger partial charge in [0.2, 0.25) is 11.8 Å². The Kier molecular flexibility index (Phi) is 6.10. The smallest absolute Gasteiger partial charge is 0.244 e. The number of halogens is 1. The van der Waals surface area contributed by atoms with Crippen molar-refractivity contribution in [3.63, 3.8) is 0 Å². The highest BCUT2D eigenvalue weighted by Gasteiger charge is 2.28. The van der Waals surface area contributed by atoms with Crippen LogP contribution >= 0.6 is 0 Å². The second-order valence-corrected chi connectivity index (χ2v) is 6.14. The third-order valence-corrected chi connectivity index (χ3v) is 4.04. The van der Waals surface area contributed by atoms with Crippen molar-refractivity contribution in [1.82, 2.24) is 10.2 Å². The van der Waals surface area contributed by atoms with Crippen LogP contribution in [0.25, 0.3) is 0 Å². The first-order valence-electron chi connectivity index (χ1n) is 8.04. The van der Waals surface area contributed by atoms with Crippen LogP contribution in [0.1, 0.15) is 26.7 Å². The van der Waals surface area contributed by atoms with E-state index in [0.29, 0.717) is 5.69 Å². The van der Waals surface area contributed by atoms with Gasteiger partial charge in [-0.05, 0) is 64.0 Å². The molecule has 2 N–H and O–H groups in total. The number of nitrogens with one attached hydrogen (secondary N) is 2. The van der Waals surface area contributed by atoms with Crippen molar-refractivity contribution < 1.29 is 14.0 Å². The van der Waals surface area contributed by atoms with Gasteiger partial charge in [-0.25, -0.2) is 4.39 Å². The Morgan fingerprint density at radius 2 is 1.87 bits per heavy atom. The van der Waals surface area contributed by atoms with Crippen LogP contribution in [0.5, 0.6) is 0 Å². The highest BCUT2D eigenvalue weighted by molar-refractivity contribution is 5.94. The number of carbonyl (C=O) groups excluding carboxylic acids is 2. The van der Waals surface area contributed by atoms with E-state index in [9.17, 15) is 14.0 Å². The predicted molar refractivity (Wildman–Crippen MR) is 87.5 cm³/mol. The molecular formula is C17H24FN3O2. The molecule has 23 heavy (non-hydrogen) atoms. The summed E-state index contributed by atoms with van der Waals surface area (Å²) in [6, 6.07) is 5.53. The quantitative estimate of drug-likeness (QED) is 0.872. The molecule has 2 rings (SSSR count). The molecule has 0 atom stereocenters. The van der Waals surface area contributed by atoms with Gasteiger partial charge in [0.1, 0.15) is 12.4 Å². The molecule has 0 saturated carbocycles. The Balaban J connectivity index is 1.96. The van der Waals surface area contributed by atoms with Gasteiger partial charge in [0.25, 0.3) is 0 Å². The molecule has 0 radical (unpaired) electrons. The summed E-state index contributed by atoms with van der Waals surface area (Å²) >= 11 is 0. The van der Waals surface area contributed by atoms with Crippen molar-refractivity contribution in [3.05, 3.63) is 30.1 Å². The third-order valence-electron chi connectivity index (χ3n) is 4.04. The Labute approximate surface area is 136 Å². The topological polar surface area (TPSA) is 61.4 Å². The lowest BCUT2D eigenvalue weighted by atomic mass is 9.96. The molecule has 6 heteroatoms. The first-order valence-corrected chi connectivity index (χ1v) is 8.04. The van der Waals surface area contributed by atoms with Gasteiger partial charge in [-0.2, -0.15) is 0 Å². The van der Waals surface area contributed by atoms with Gasteiger partial charge in [-0.3, -0.25) is 9.59 Å². The fourth-order valence-electron chi connectivity index (χ4n) is 2.71. The standard InChI is InChI=1S/C17H24FN3O2/c1-12(2)21(17(23)13-7-9-19-10-8-13)11-16(22)20-15-5-3-14(18)4-6-15/h3-6,12-13,19H,7-11H2,1-2H3,(H,20,22). The Morgan fingerprint density at radius 1 is 1.26 bits per heavy atom. The minimum Gasteiger partial charge on any atom is -0.331 e. The fourth-order valence-corrected chi connectivity index (χ4v) is 2.71. The largest absolute Gasteiger partial charge is 0.331 e. The Hall–Kier alpha value is -1.95. The minimum atomic E-state index is -0.354. The average molecular weight is 321 g/mol. The van der Waals surface area contributed by atoms with E-state index in [1.807, 2.05) is 13.8 Å². The second-order valence-electron chi connectivity index (χ2n) is 6.14. The molecule has 1 aliphatic heterocycles. The normalized spacial score (nSPS) is 15.5. The molecule has 2 amide bonds. The maximum Gasteiger partial charge on any atom is 0.244 e. The molecule has 5 nitrogen and oxygen atoms in total. The molecule has 1 aliphatic rings. The number of anilines is 1. The van der Waals surface area contributed by atoms with E-state index in [1.165, 1.54) is 24.3 Å². The number of nitrogens with zero attached hydrogens (tertiary/aromatic N) is 1. The van der Waals surface area contributed by atoms with Crippen molar-refractivity contribution in [2.24, 2.45) is 5.92 Å². The van der Waals surface area contributed by atoms with Crippen LogP contribution < -0.4 is 10.6 Å². The van der Waals surface area contributed by atoms with E-state index in [4.69, 9.17) is 0 Å². The zero-order chi connectivity index (χ0) is 16.8.